The summed E-state index contributed by atoms with van der Waals surface area (Å²) in [4.78, 5) is 41.9. The number of carbonyl (C=O) groups excluding carboxylic acids is 3. The Labute approximate surface area is 156 Å². The largest absolute Gasteiger partial charge is 0.458 e. The highest BCUT2D eigenvalue weighted by Gasteiger charge is 2.36. The fraction of sp³-hybridized carbons (Fsp3) is 0.111. The summed E-state index contributed by atoms with van der Waals surface area (Å²) in [6.07, 6.45) is 0. The number of thiazole rings is 1. The number of carbonyl (C=O) groups is 3. The van der Waals surface area contributed by atoms with Crippen LogP contribution in [0.2, 0.25) is 0 Å². The summed E-state index contributed by atoms with van der Waals surface area (Å²) in [5.41, 5.74) is 2.28. The van der Waals surface area contributed by atoms with Gasteiger partial charge in [0.05, 0.1) is 16.8 Å². The van der Waals surface area contributed by atoms with Crippen LogP contribution in [0.3, 0.4) is 0 Å². The first-order valence-corrected chi connectivity index (χ1v) is 9.53. The lowest BCUT2D eigenvalue weighted by Crippen LogP contribution is -2.35. The van der Waals surface area contributed by atoms with Crippen molar-refractivity contribution >= 4 is 40.5 Å². The third-order valence-electron chi connectivity index (χ3n) is 3.87. The van der Waals surface area contributed by atoms with Gasteiger partial charge in [-0.2, -0.15) is 11.3 Å². The van der Waals surface area contributed by atoms with Crippen LogP contribution in [0, 0.1) is 0 Å². The van der Waals surface area contributed by atoms with Crippen LogP contribution in [0.5, 0.6) is 0 Å². The van der Waals surface area contributed by atoms with Crippen molar-refractivity contribution in [3.63, 3.8) is 0 Å². The van der Waals surface area contributed by atoms with E-state index in [4.69, 9.17) is 4.74 Å². The van der Waals surface area contributed by atoms with Crippen LogP contribution in [0.1, 0.15) is 26.4 Å². The van der Waals surface area contributed by atoms with Gasteiger partial charge in [-0.25, -0.2) is 4.98 Å². The lowest BCUT2D eigenvalue weighted by atomic mass is 10.1. The SMILES string of the molecule is O=C(CN1C(=O)c2ccccc2C1=O)OCc1csc(-c2ccsc2)n1. The number of hydrogen-bond donors (Lipinski definition) is 0. The molecule has 3 heterocycles. The van der Waals surface area contributed by atoms with Crippen molar-refractivity contribution in [1.82, 2.24) is 9.88 Å². The molecule has 1 aromatic carbocycles. The van der Waals surface area contributed by atoms with Gasteiger partial charge in [-0.1, -0.05) is 12.1 Å². The van der Waals surface area contributed by atoms with Crippen molar-refractivity contribution in [3.8, 4) is 10.6 Å². The predicted octanol–water partition coefficient (Wildman–Crippen LogP) is 3.21. The Morgan fingerprint density at radius 1 is 1.08 bits per heavy atom. The molecule has 0 atom stereocenters. The van der Waals surface area contributed by atoms with Crippen LogP contribution < -0.4 is 0 Å². The van der Waals surface area contributed by atoms with Crippen molar-refractivity contribution in [2.45, 2.75) is 6.61 Å². The maximum absolute atomic E-state index is 12.2. The second-order valence-corrected chi connectivity index (χ2v) is 7.20. The van der Waals surface area contributed by atoms with Crippen LogP contribution in [0.4, 0.5) is 0 Å². The molecule has 3 aromatic rings. The molecule has 2 amide bonds. The Bertz CT molecular complexity index is 959. The van der Waals surface area contributed by atoms with E-state index in [1.165, 1.54) is 11.3 Å². The monoisotopic (exact) mass is 384 g/mol. The number of amides is 2. The summed E-state index contributed by atoms with van der Waals surface area (Å²) >= 11 is 3.06. The third kappa shape index (κ3) is 3.04. The molecule has 26 heavy (non-hydrogen) atoms. The molecule has 0 saturated carbocycles. The summed E-state index contributed by atoms with van der Waals surface area (Å²) in [5, 5.41) is 6.65. The zero-order valence-corrected chi connectivity index (χ0v) is 15.0. The second-order valence-electron chi connectivity index (χ2n) is 5.56. The number of thiophene rings is 1. The normalized spacial score (nSPS) is 13.2. The van der Waals surface area contributed by atoms with Crippen LogP contribution in [0.15, 0.2) is 46.5 Å². The van der Waals surface area contributed by atoms with Crippen molar-refractivity contribution < 1.29 is 19.1 Å². The van der Waals surface area contributed by atoms with Crippen molar-refractivity contribution in [3.05, 3.63) is 63.3 Å². The van der Waals surface area contributed by atoms with E-state index in [2.05, 4.69) is 4.98 Å². The summed E-state index contributed by atoms with van der Waals surface area (Å²) in [5.74, 6) is -1.60. The minimum absolute atomic E-state index is 0.00262. The number of nitrogens with zero attached hydrogens (tertiary/aromatic N) is 2. The van der Waals surface area contributed by atoms with Gasteiger partial charge >= 0.3 is 5.97 Å². The molecule has 0 fully saturated rings. The topological polar surface area (TPSA) is 76.6 Å². The molecule has 0 unspecified atom stereocenters. The Balaban J connectivity index is 1.37. The van der Waals surface area contributed by atoms with Crippen LogP contribution in [0.25, 0.3) is 10.6 Å². The first-order valence-electron chi connectivity index (χ1n) is 7.71. The predicted molar refractivity (Wildman–Crippen MR) is 97.0 cm³/mol. The summed E-state index contributed by atoms with van der Waals surface area (Å²) in [7, 11) is 0. The third-order valence-corrected chi connectivity index (χ3v) is 5.49. The molecule has 0 spiro atoms. The maximum Gasteiger partial charge on any atom is 0.326 e. The van der Waals surface area contributed by atoms with Gasteiger partial charge in [-0.05, 0) is 23.6 Å². The number of benzene rings is 1. The molecule has 0 bridgehead atoms. The van der Waals surface area contributed by atoms with E-state index >= 15 is 0 Å². The molecular weight excluding hydrogens is 372 g/mol. The molecular formula is C18H12N2O4S2. The highest BCUT2D eigenvalue weighted by molar-refractivity contribution is 7.14. The van der Waals surface area contributed by atoms with Gasteiger partial charge in [0.25, 0.3) is 11.8 Å². The molecule has 0 saturated heterocycles. The molecule has 0 radical (unpaired) electrons. The zero-order chi connectivity index (χ0) is 18.1. The van der Waals surface area contributed by atoms with Crippen LogP contribution in [-0.4, -0.2) is 34.2 Å². The maximum atomic E-state index is 12.2. The van der Waals surface area contributed by atoms with Gasteiger partial charge in [0.1, 0.15) is 18.2 Å². The number of ether oxygens (including phenoxy) is 1. The van der Waals surface area contributed by atoms with E-state index < -0.39 is 24.3 Å². The van der Waals surface area contributed by atoms with E-state index in [0.29, 0.717) is 16.8 Å². The highest BCUT2D eigenvalue weighted by atomic mass is 32.1. The van der Waals surface area contributed by atoms with Crippen molar-refractivity contribution in [1.29, 1.82) is 0 Å². The second kappa shape index (κ2) is 6.81. The molecule has 4 rings (SSSR count). The summed E-state index contributed by atoms with van der Waals surface area (Å²) in [6.45, 7) is -0.406. The van der Waals surface area contributed by atoms with Crippen LogP contribution in [-0.2, 0) is 16.1 Å². The molecule has 130 valence electrons. The molecule has 2 aromatic heterocycles. The Morgan fingerprint density at radius 3 is 2.46 bits per heavy atom. The average molecular weight is 384 g/mol. The molecule has 1 aliphatic rings. The Hall–Kier alpha value is -2.84. The van der Waals surface area contributed by atoms with Gasteiger partial charge in [0, 0.05) is 16.3 Å². The Morgan fingerprint density at radius 2 is 1.81 bits per heavy atom. The Kier molecular flexibility index (Phi) is 4.36. The quantitative estimate of drug-likeness (QED) is 0.499. The lowest BCUT2D eigenvalue weighted by Gasteiger charge is -2.12. The summed E-state index contributed by atoms with van der Waals surface area (Å²) in [6, 6.07) is 8.48. The first kappa shape index (κ1) is 16.6. The van der Waals surface area contributed by atoms with Gasteiger partial charge in [-0.3, -0.25) is 19.3 Å². The van der Waals surface area contributed by atoms with Gasteiger partial charge in [0.2, 0.25) is 0 Å². The highest BCUT2D eigenvalue weighted by Crippen LogP contribution is 2.26. The fourth-order valence-electron chi connectivity index (χ4n) is 2.60. The number of rotatable bonds is 5. The molecule has 0 aliphatic carbocycles. The van der Waals surface area contributed by atoms with E-state index in [9.17, 15) is 14.4 Å². The van der Waals surface area contributed by atoms with Gasteiger partial charge in [-0.15, -0.1) is 11.3 Å². The van der Waals surface area contributed by atoms with E-state index in [1.54, 1.807) is 35.6 Å². The minimum atomic E-state index is -0.649. The minimum Gasteiger partial charge on any atom is -0.458 e. The first-order chi connectivity index (χ1) is 12.6. The van der Waals surface area contributed by atoms with E-state index in [-0.39, 0.29) is 6.61 Å². The standard InChI is InChI=1S/C18H12N2O4S2/c21-15(7-20-17(22)13-3-1-2-4-14(13)18(20)23)24-8-12-10-26-16(19-12)11-5-6-25-9-11/h1-6,9-10H,7-8H2. The van der Waals surface area contributed by atoms with Crippen LogP contribution >= 0.6 is 22.7 Å². The lowest BCUT2D eigenvalue weighted by molar-refractivity contribution is -0.145. The van der Waals surface area contributed by atoms with E-state index in [0.717, 1.165) is 15.5 Å². The fourth-order valence-corrected chi connectivity index (χ4v) is 4.12. The summed E-state index contributed by atoms with van der Waals surface area (Å²) < 4.78 is 5.18. The molecule has 0 N–H and O–H groups in total. The number of imide groups is 1. The van der Waals surface area contributed by atoms with Gasteiger partial charge < -0.3 is 4.74 Å². The smallest absolute Gasteiger partial charge is 0.326 e. The zero-order valence-electron chi connectivity index (χ0n) is 13.4. The van der Waals surface area contributed by atoms with E-state index in [1.807, 2.05) is 22.2 Å². The number of fused-ring (bicyclic) bond motifs is 1. The molecule has 8 heteroatoms. The van der Waals surface area contributed by atoms with Gasteiger partial charge in [0.15, 0.2) is 0 Å². The molecule has 6 nitrogen and oxygen atoms in total. The van der Waals surface area contributed by atoms with Crippen molar-refractivity contribution in [2.24, 2.45) is 0 Å². The number of aromatic nitrogens is 1. The number of hydrogen-bond acceptors (Lipinski definition) is 7. The molecule has 1 aliphatic heterocycles. The number of esters is 1. The average Bonchev–Trinajstić information content (AvgIpc) is 3.38. The van der Waals surface area contributed by atoms with Crippen molar-refractivity contribution in [2.75, 3.05) is 6.54 Å².